The summed E-state index contributed by atoms with van der Waals surface area (Å²) in [6.45, 7) is 6.22. The van der Waals surface area contributed by atoms with E-state index >= 15 is 0 Å². The van der Waals surface area contributed by atoms with Crippen molar-refractivity contribution in [2.24, 2.45) is 11.8 Å². The molecule has 2 aliphatic rings. The predicted octanol–water partition coefficient (Wildman–Crippen LogP) is 3.45. The molecule has 1 saturated heterocycles. The summed E-state index contributed by atoms with van der Waals surface area (Å²) >= 11 is 0. The second-order valence-corrected chi connectivity index (χ2v) is 7.21. The molecule has 24 heavy (non-hydrogen) atoms. The van der Waals surface area contributed by atoms with E-state index in [9.17, 15) is 4.79 Å². The third-order valence-electron chi connectivity index (χ3n) is 5.56. The molecule has 1 amide bonds. The highest BCUT2D eigenvalue weighted by atomic mass is 35.5. The molecule has 0 bridgehead atoms. The van der Waals surface area contributed by atoms with Crippen LogP contribution in [-0.2, 0) is 17.6 Å². The molecule has 1 aromatic rings. The van der Waals surface area contributed by atoms with Crippen LogP contribution in [0.5, 0.6) is 0 Å². The minimum atomic E-state index is 0. The van der Waals surface area contributed by atoms with E-state index in [1.807, 2.05) is 0 Å². The number of fused-ring (bicyclic) bond motifs is 1. The molecule has 3 rings (SSSR count). The zero-order valence-corrected chi connectivity index (χ0v) is 15.6. The lowest BCUT2D eigenvalue weighted by Crippen LogP contribution is -2.41. The number of amides is 1. The maximum atomic E-state index is 12.6. The van der Waals surface area contributed by atoms with Gasteiger partial charge in [-0.1, -0.05) is 31.2 Å². The number of rotatable bonds is 5. The molecular formula is C20H31ClN2O. The Balaban J connectivity index is 0.00000208. The first-order chi connectivity index (χ1) is 11.3. The van der Waals surface area contributed by atoms with Gasteiger partial charge in [-0.2, -0.15) is 0 Å². The summed E-state index contributed by atoms with van der Waals surface area (Å²) in [4.78, 5) is 14.7. The molecule has 0 radical (unpaired) electrons. The highest BCUT2D eigenvalue weighted by Crippen LogP contribution is 2.28. The van der Waals surface area contributed by atoms with E-state index in [2.05, 4.69) is 41.4 Å². The molecule has 0 aromatic heterocycles. The number of carbonyl (C=O) groups is 1. The number of nitrogens with zero attached hydrogens (tertiary/aromatic N) is 1. The first kappa shape index (κ1) is 19.3. The van der Waals surface area contributed by atoms with Crippen LogP contribution in [0, 0.1) is 11.8 Å². The molecule has 1 N–H and O–H groups in total. The van der Waals surface area contributed by atoms with Gasteiger partial charge in [0.25, 0.3) is 0 Å². The van der Waals surface area contributed by atoms with Crippen LogP contribution < -0.4 is 5.32 Å². The van der Waals surface area contributed by atoms with Crippen LogP contribution in [-0.4, -0.2) is 37.0 Å². The second-order valence-electron chi connectivity index (χ2n) is 7.21. The first-order valence-corrected chi connectivity index (χ1v) is 9.31. The van der Waals surface area contributed by atoms with Crippen LogP contribution in [0.1, 0.15) is 43.7 Å². The number of piperidine rings is 1. The Morgan fingerprint density at radius 2 is 1.83 bits per heavy atom. The fraction of sp³-hybridized carbons (Fsp3) is 0.650. The van der Waals surface area contributed by atoms with E-state index in [0.29, 0.717) is 11.8 Å². The van der Waals surface area contributed by atoms with E-state index < -0.39 is 0 Å². The molecule has 1 fully saturated rings. The second kappa shape index (κ2) is 9.43. The highest BCUT2D eigenvalue weighted by molar-refractivity contribution is 5.85. The van der Waals surface area contributed by atoms with Gasteiger partial charge in [0, 0.05) is 19.5 Å². The van der Waals surface area contributed by atoms with Crippen LogP contribution in [0.15, 0.2) is 24.3 Å². The van der Waals surface area contributed by atoms with Crippen molar-refractivity contribution in [1.29, 1.82) is 0 Å². The number of likely N-dealkylation sites (tertiary alicyclic amines) is 1. The highest BCUT2D eigenvalue weighted by Gasteiger charge is 2.26. The fourth-order valence-corrected chi connectivity index (χ4v) is 4.06. The monoisotopic (exact) mass is 350 g/mol. The van der Waals surface area contributed by atoms with Gasteiger partial charge < -0.3 is 10.2 Å². The van der Waals surface area contributed by atoms with Crippen molar-refractivity contribution in [1.82, 2.24) is 10.2 Å². The SMILES string of the molecule is CCNCC1CCN(C(=O)CC2CCc3ccccc3C2)CC1.Cl. The summed E-state index contributed by atoms with van der Waals surface area (Å²) in [6, 6.07) is 8.72. The Morgan fingerprint density at radius 3 is 2.54 bits per heavy atom. The van der Waals surface area contributed by atoms with E-state index in [1.165, 1.54) is 17.5 Å². The van der Waals surface area contributed by atoms with Crippen molar-refractivity contribution in [3.63, 3.8) is 0 Å². The number of aryl methyl sites for hydroxylation is 1. The van der Waals surface area contributed by atoms with Gasteiger partial charge >= 0.3 is 0 Å². The molecule has 0 spiro atoms. The van der Waals surface area contributed by atoms with Crippen molar-refractivity contribution < 1.29 is 4.79 Å². The van der Waals surface area contributed by atoms with Gasteiger partial charge in [-0.15, -0.1) is 12.4 Å². The Labute approximate surface area is 152 Å². The summed E-state index contributed by atoms with van der Waals surface area (Å²) in [5, 5.41) is 3.43. The lowest BCUT2D eigenvalue weighted by Gasteiger charge is -2.33. The largest absolute Gasteiger partial charge is 0.343 e. The third kappa shape index (κ3) is 4.97. The summed E-state index contributed by atoms with van der Waals surface area (Å²) < 4.78 is 0. The molecule has 1 unspecified atom stereocenters. The molecule has 0 saturated carbocycles. The van der Waals surface area contributed by atoms with Crippen molar-refractivity contribution in [3.05, 3.63) is 35.4 Å². The number of halogens is 1. The van der Waals surface area contributed by atoms with Crippen molar-refractivity contribution in [2.45, 2.75) is 45.4 Å². The fourth-order valence-electron chi connectivity index (χ4n) is 4.06. The lowest BCUT2D eigenvalue weighted by molar-refractivity contribution is -0.133. The third-order valence-corrected chi connectivity index (χ3v) is 5.56. The minimum Gasteiger partial charge on any atom is -0.343 e. The summed E-state index contributed by atoms with van der Waals surface area (Å²) in [7, 11) is 0. The first-order valence-electron chi connectivity index (χ1n) is 9.31. The molecule has 1 aliphatic carbocycles. The molecule has 1 aromatic carbocycles. The summed E-state index contributed by atoms with van der Waals surface area (Å²) in [5.41, 5.74) is 2.95. The van der Waals surface area contributed by atoms with E-state index in [4.69, 9.17) is 0 Å². The quantitative estimate of drug-likeness (QED) is 0.882. The maximum Gasteiger partial charge on any atom is 0.222 e. The Morgan fingerprint density at radius 1 is 1.12 bits per heavy atom. The molecule has 3 nitrogen and oxygen atoms in total. The topological polar surface area (TPSA) is 32.3 Å². The summed E-state index contributed by atoms with van der Waals surface area (Å²) in [5.74, 6) is 1.67. The lowest BCUT2D eigenvalue weighted by atomic mass is 9.82. The number of hydrogen-bond donors (Lipinski definition) is 1. The standard InChI is InChI=1S/C20H30N2O.ClH/c1-2-21-15-16-9-11-22(12-10-16)20(23)14-17-7-8-18-5-3-4-6-19(18)13-17;/h3-6,16-17,21H,2,7-15H2,1H3;1H. The van der Waals surface area contributed by atoms with Gasteiger partial charge in [-0.3, -0.25) is 4.79 Å². The zero-order valence-electron chi connectivity index (χ0n) is 14.8. The summed E-state index contributed by atoms with van der Waals surface area (Å²) in [6.07, 6.45) is 6.45. The van der Waals surface area contributed by atoms with Crippen molar-refractivity contribution in [3.8, 4) is 0 Å². The van der Waals surface area contributed by atoms with Crippen LogP contribution in [0.25, 0.3) is 0 Å². The average molecular weight is 351 g/mol. The van der Waals surface area contributed by atoms with E-state index in [0.717, 1.165) is 64.2 Å². The average Bonchev–Trinajstić information content (AvgIpc) is 2.60. The van der Waals surface area contributed by atoms with Gasteiger partial charge in [0.2, 0.25) is 5.91 Å². The van der Waals surface area contributed by atoms with Gasteiger partial charge in [0.1, 0.15) is 0 Å². The molecule has 1 aliphatic heterocycles. The Hall–Kier alpha value is -1.06. The van der Waals surface area contributed by atoms with Crippen molar-refractivity contribution >= 4 is 18.3 Å². The minimum absolute atomic E-state index is 0. The van der Waals surface area contributed by atoms with E-state index in [-0.39, 0.29) is 12.4 Å². The number of benzene rings is 1. The number of nitrogens with one attached hydrogen (secondary N) is 1. The van der Waals surface area contributed by atoms with Gasteiger partial charge in [-0.25, -0.2) is 0 Å². The van der Waals surface area contributed by atoms with Crippen LogP contribution in [0.4, 0.5) is 0 Å². The van der Waals surface area contributed by atoms with Crippen LogP contribution in [0.2, 0.25) is 0 Å². The van der Waals surface area contributed by atoms with Crippen LogP contribution in [0.3, 0.4) is 0 Å². The molecular weight excluding hydrogens is 320 g/mol. The maximum absolute atomic E-state index is 12.6. The smallest absolute Gasteiger partial charge is 0.222 e. The Bertz CT molecular complexity index is 526. The number of hydrogen-bond acceptors (Lipinski definition) is 2. The zero-order chi connectivity index (χ0) is 16.1. The van der Waals surface area contributed by atoms with Crippen LogP contribution >= 0.6 is 12.4 Å². The normalized spacial score (nSPS) is 21.0. The van der Waals surface area contributed by atoms with Gasteiger partial charge in [0.05, 0.1) is 0 Å². The van der Waals surface area contributed by atoms with Gasteiger partial charge in [-0.05, 0) is 68.2 Å². The molecule has 1 atom stereocenters. The van der Waals surface area contributed by atoms with Gasteiger partial charge in [0.15, 0.2) is 0 Å². The van der Waals surface area contributed by atoms with Crippen molar-refractivity contribution in [2.75, 3.05) is 26.2 Å². The Kier molecular flexibility index (Phi) is 7.57. The molecule has 1 heterocycles. The molecule has 134 valence electrons. The number of carbonyl (C=O) groups excluding carboxylic acids is 1. The predicted molar refractivity (Wildman–Crippen MR) is 102 cm³/mol. The molecule has 4 heteroatoms. The van der Waals surface area contributed by atoms with E-state index in [1.54, 1.807) is 0 Å².